The molecule has 1 saturated heterocycles. The lowest BCUT2D eigenvalue weighted by Gasteiger charge is -2.34. The molecule has 1 N–H and O–H groups in total. The molecular weight excluding hydrogens is 383 g/mol. The number of piperazine rings is 1. The normalized spacial score (nSPS) is 19.3. The third-order valence-electron chi connectivity index (χ3n) is 5.60. The molecule has 4 heterocycles. The van der Waals surface area contributed by atoms with Crippen LogP contribution in [0.15, 0.2) is 65.8 Å². The predicted octanol–water partition coefficient (Wildman–Crippen LogP) is 3.15. The van der Waals surface area contributed by atoms with E-state index < -0.39 is 6.04 Å². The van der Waals surface area contributed by atoms with Crippen molar-refractivity contribution in [3.8, 4) is 5.75 Å². The zero-order chi connectivity index (χ0) is 20.5. The van der Waals surface area contributed by atoms with Crippen LogP contribution in [0.25, 0.3) is 5.52 Å². The van der Waals surface area contributed by atoms with Crippen molar-refractivity contribution in [1.29, 1.82) is 0 Å². The van der Waals surface area contributed by atoms with Gasteiger partial charge in [0.2, 0.25) is 0 Å². The standard InChI is InChI=1S/C22H23FN6O/c1-30-21-6-5-16(27-10-7-24-8-11-27)12-20(21)28-15-25-14-18(23)22(28)17-13-26-29-9-3-2-4-19(17)29/h2-6,9,12-15,22,24H,7-8,10-11H2,1H3. The highest BCUT2D eigenvalue weighted by atomic mass is 19.1. The summed E-state index contributed by atoms with van der Waals surface area (Å²) >= 11 is 0. The van der Waals surface area contributed by atoms with E-state index in [1.165, 1.54) is 6.20 Å². The van der Waals surface area contributed by atoms with E-state index in [1.54, 1.807) is 24.2 Å². The lowest BCUT2D eigenvalue weighted by molar-refractivity contribution is 0.414. The highest BCUT2D eigenvalue weighted by Crippen LogP contribution is 2.41. The molecule has 154 valence electrons. The van der Waals surface area contributed by atoms with Crippen LogP contribution in [-0.4, -0.2) is 49.2 Å². The Hall–Kier alpha value is -3.39. The van der Waals surface area contributed by atoms with Crippen molar-refractivity contribution in [3.05, 3.63) is 66.4 Å². The molecule has 0 aliphatic carbocycles. The molecule has 2 aliphatic rings. The molecule has 1 fully saturated rings. The number of fused-ring (bicyclic) bond motifs is 1. The summed E-state index contributed by atoms with van der Waals surface area (Å²) in [7, 11) is 1.63. The molecule has 2 aromatic heterocycles. The van der Waals surface area contributed by atoms with Crippen LogP contribution in [0.2, 0.25) is 0 Å². The summed E-state index contributed by atoms with van der Waals surface area (Å²) in [5.41, 5.74) is 3.46. The van der Waals surface area contributed by atoms with Gasteiger partial charge in [0.25, 0.3) is 0 Å². The van der Waals surface area contributed by atoms with E-state index >= 15 is 4.39 Å². The molecule has 0 spiro atoms. The Morgan fingerprint density at radius 3 is 2.87 bits per heavy atom. The Balaban J connectivity index is 1.60. The van der Waals surface area contributed by atoms with Crippen LogP contribution in [-0.2, 0) is 0 Å². The molecule has 30 heavy (non-hydrogen) atoms. The van der Waals surface area contributed by atoms with Gasteiger partial charge in [-0.3, -0.25) is 0 Å². The van der Waals surface area contributed by atoms with E-state index in [9.17, 15) is 0 Å². The minimum Gasteiger partial charge on any atom is -0.495 e. The second kappa shape index (κ2) is 7.79. The Morgan fingerprint density at radius 1 is 1.17 bits per heavy atom. The molecule has 2 aliphatic heterocycles. The first-order chi connectivity index (χ1) is 14.8. The summed E-state index contributed by atoms with van der Waals surface area (Å²) in [6.45, 7) is 3.72. The largest absolute Gasteiger partial charge is 0.495 e. The fourth-order valence-corrected chi connectivity index (χ4v) is 4.11. The van der Waals surface area contributed by atoms with Crippen LogP contribution in [0.5, 0.6) is 5.75 Å². The minimum absolute atomic E-state index is 0.342. The first-order valence-corrected chi connectivity index (χ1v) is 9.99. The highest BCUT2D eigenvalue weighted by molar-refractivity contribution is 5.87. The van der Waals surface area contributed by atoms with Crippen molar-refractivity contribution >= 4 is 23.2 Å². The van der Waals surface area contributed by atoms with Crippen molar-refractivity contribution in [1.82, 2.24) is 14.9 Å². The van der Waals surface area contributed by atoms with E-state index in [2.05, 4.69) is 20.3 Å². The number of rotatable bonds is 4. The predicted molar refractivity (Wildman–Crippen MR) is 116 cm³/mol. The Kier molecular flexibility index (Phi) is 4.84. The van der Waals surface area contributed by atoms with Gasteiger partial charge in [-0.2, -0.15) is 5.10 Å². The van der Waals surface area contributed by atoms with Crippen molar-refractivity contribution in [2.24, 2.45) is 4.99 Å². The van der Waals surface area contributed by atoms with E-state index in [4.69, 9.17) is 4.74 Å². The van der Waals surface area contributed by atoms with Gasteiger partial charge in [0.15, 0.2) is 0 Å². The van der Waals surface area contributed by atoms with Crippen LogP contribution in [0.3, 0.4) is 0 Å². The van der Waals surface area contributed by atoms with Crippen LogP contribution in [0.4, 0.5) is 15.8 Å². The molecule has 8 heteroatoms. The van der Waals surface area contributed by atoms with Gasteiger partial charge in [-0.05, 0) is 30.3 Å². The van der Waals surface area contributed by atoms with Gasteiger partial charge in [0, 0.05) is 43.6 Å². The summed E-state index contributed by atoms with van der Waals surface area (Å²) in [4.78, 5) is 8.27. The van der Waals surface area contributed by atoms with E-state index in [0.29, 0.717) is 5.75 Å². The SMILES string of the molecule is COc1ccc(N2CCNCC2)cc1N1C=NC=C(F)C1c1cnn2ccccc12. The third kappa shape index (κ3) is 3.19. The number of nitrogens with one attached hydrogen (secondary N) is 1. The van der Waals surface area contributed by atoms with Crippen LogP contribution in [0, 0.1) is 0 Å². The maximum Gasteiger partial charge on any atom is 0.146 e. The second-order valence-electron chi connectivity index (χ2n) is 7.31. The van der Waals surface area contributed by atoms with E-state index in [-0.39, 0.29) is 5.83 Å². The molecule has 0 amide bonds. The molecule has 0 radical (unpaired) electrons. The number of hydrogen-bond donors (Lipinski definition) is 1. The lowest BCUT2D eigenvalue weighted by atomic mass is 10.0. The summed E-state index contributed by atoms with van der Waals surface area (Å²) in [6, 6.07) is 11.1. The number of nitrogens with zero attached hydrogens (tertiary/aromatic N) is 5. The smallest absolute Gasteiger partial charge is 0.146 e. The van der Waals surface area contributed by atoms with Gasteiger partial charge >= 0.3 is 0 Å². The average molecular weight is 406 g/mol. The number of anilines is 2. The summed E-state index contributed by atoms with van der Waals surface area (Å²) in [5, 5.41) is 7.76. The number of halogens is 1. The molecule has 1 atom stereocenters. The quantitative estimate of drug-likeness (QED) is 0.721. The van der Waals surface area contributed by atoms with Crippen molar-refractivity contribution < 1.29 is 9.13 Å². The van der Waals surface area contributed by atoms with Gasteiger partial charge in [-0.1, -0.05) is 6.07 Å². The number of aromatic nitrogens is 2. The first-order valence-electron chi connectivity index (χ1n) is 9.99. The van der Waals surface area contributed by atoms with Crippen LogP contribution in [0.1, 0.15) is 11.6 Å². The molecule has 0 bridgehead atoms. The van der Waals surface area contributed by atoms with Gasteiger partial charge < -0.3 is 19.9 Å². The fourth-order valence-electron chi connectivity index (χ4n) is 4.11. The van der Waals surface area contributed by atoms with Gasteiger partial charge in [-0.15, -0.1) is 0 Å². The topological polar surface area (TPSA) is 57.4 Å². The average Bonchev–Trinajstić information content (AvgIpc) is 3.23. The maximum absolute atomic E-state index is 15.2. The molecule has 7 nitrogen and oxygen atoms in total. The van der Waals surface area contributed by atoms with Crippen LogP contribution >= 0.6 is 0 Å². The Morgan fingerprint density at radius 2 is 2.03 bits per heavy atom. The zero-order valence-corrected chi connectivity index (χ0v) is 16.7. The molecule has 5 rings (SSSR count). The lowest BCUT2D eigenvalue weighted by Crippen LogP contribution is -2.43. The summed E-state index contributed by atoms with van der Waals surface area (Å²) in [5.74, 6) is 0.322. The second-order valence-corrected chi connectivity index (χ2v) is 7.31. The van der Waals surface area contributed by atoms with Gasteiger partial charge in [-0.25, -0.2) is 13.9 Å². The van der Waals surface area contributed by atoms with Crippen molar-refractivity contribution in [3.63, 3.8) is 0 Å². The van der Waals surface area contributed by atoms with Gasteiger partial charge in [0.1, 0.15) is 17.6 Å². The number of benzene rings is 1. The number of hydrogen-bond acceptors (Lipinski definition) is 6. The molecule has 3 aromatic rings. The van der Waals surface area contributed by atoms with E-state index in [1.807, 2.05) is 47.5 Å². The number of pyridine rings is 1. The van der Waals surface area contributed by atoms with Crippen molar-refractivity contribution in [2.45, 2.75) is 6.04 Å². The van der Waals surface area contributed by atoms with Gasteiger partial charge in [0.05, 0.1) is 37.0 Å². The zero-order valence-electron chi connectivity index (χ0n) is 16.7. The number of ether oxygens (including phenoxy) is 1. The Labute approximate surface area is 174 Å². The fraction of sp³-hybridized carbons (Fsp3) is 0.273. The maximum atomic E-state index is 15.2. The van der Waals surface area contributed by atoms with Crippen LogP contribution < -0.4 is 19.9 Å². The molecular formula is C22H23FN6O. The molecule has 1 unspecified atom stereocenters. The minimum atomic E-state index is -0.672. The number of aliphatic imine (C=N–C) groups is 1. The monoisotopic (exact) mass is 406 g/mol. The number of methoxy groups -OCH3 is 1. The first kappa shape index (κ1) is 18.6. The molecule has 1 aromatic carbocycles. The molecule has 0 saturated carbocycles. The highest BCUT2D eigenvalue weighted by Gasteiger charge is 2.31. The van der Waals surface area contributed by atoms with E-state index in [0.717, 1.165) is 48.6 Å². The van der Waals surface area contributed by atoms with Crippen molar-refractivity contribution in [2.75, 3.05) is 43.1 Å². The summed E-state index contributed by atoms with van der Waals surface area (Å²) in [6.07, 6.45) is 6.49. The summed E-state index contributed by atoms with van der Waals surface area (Å²) < 4.78 is 22.6. The third-order valence-corrected chi connectivity index (χ3v) is 5.60. The Bertz CT molecular complexity index is 1120.